The quantitative estimate of drug-likeness (QED) is 0.582. The van der Waals surface area contributed by atoms with E-state index < -0.39 is 9.84 Å². The monoisotopic (exact) mass is 406 g/mol. The van der Waals surface area contributed by atoms with Crippen LogP contribution in [0.2, 0.25) is 0 Å². The van der Waals surface area contributed by atoms with Gasteiger partial charge in [-0.1, -0.05) is 13.8 Å². The molecule has 0 radical (unpaired) electrons. The molecule has 1 amide bonds. The van der Waals surface area contributed by atoms with E-state index in [1.165, 1.54) is 18.4 Å². The molecule has 0 fully saturated rings. The average Bonchev–Trinajstić information content (AvgIpc) is 2.53. The molecule has 1 aromatic rings. The predicted molar refractivity (Wildman–Crippen MR) is 107 cm³/mol. The molecule has 0 spiro atoms. The third kappa shape index (κ3) is 7.93. The summed E-state index contributed by atoms with van der Waals surface area (Å²) in [6.45, 7) is 6.91. The second kappa shape index (κ2) is 10.7. The van der Waals surface area contributed by atoms with Gasteiger partial charge in [-0.3, -0.25) is 4.79 Å². The standard InChI is InChI=1S/C18H30N2O4S.ClH/c1-14(2)18(3,13-19)20-17(21)7-5-6-12-24-15-8-10-16(11-9-15)25(4,22)23;/h8-11,14H,5-7,12-13,19H2,1-4H3,(H,20,21);1H. The number of unbranched alkanes of at least 4 members (excludes halogenated alkanes) is 1. The van der Waals surface area contributed by atoms with Gasteiger partial charge in [-0.2, -0.15) is 0 Å². The lowest BCUT2D eigenvalue weighted by Crippen LogP contribution is -2.54. The van der Waals surface area contributed by atoms with Crippen molar-refractivity contribution in [2.45, 2.75) is 50.5 Å². The lowest BCUT2D eigenvalue weighted by Gasteiger charge is -2.33. The van der Waals surface area contributed by atoms with Crippen LogP contribution in [0.3, 0.4) is 0 Å². The van der Waals surface area contributed by atoms with Gasteiger partial charge in [0.25, 0.3) is 0 Å². The molecule has 0 bridgehead atoms. The Labute approximate surface area is 163 Å². The summed E-state index contributed by atoms with van der Waals surface area (Å²) < 4.78 is 28.3. The molecule has 0 aliphatic heterocycles. The first-order valence-electron chi connectivity index (χ1n) is 8.52. The van der Waals surface area contributed by atoms with Crippen molar-refractivity contribution in [3.05, 3.63) is 24.3 Å². The molecule has 0 aliphatic rings. The number of benzene rings is 1. The fourth-order valence-corrected chi connectivity index (χ4v) is 2.80. The Kier molecular flexibility index (Phi) is 10.2. The zero-order chi connectivity index (χ0) is 19.1. The molecular weight excluding hydrogens is 376 g/mol. The van der Waals surface area contributed by atoms with Gasteiger partial charge in [0.15, 0.2) is 9.84 Å². The van der Waals surface area contributed by atoms with Crippen LogP contribution in [0, 0.1) is 5.92 Å². The van der Waals surface area contributed by atoms with Crippen molar-refractivity contribution in [1.82, 2.24) is 5.32 Å². The Balaban J connectivity index is 0.00000625. The number of halogens is 1. The van der Waals surface area contributed by atoms with Gasteiger partial charge in [-0.25, -0.2) is 8.42 Å². The van der Waals surface area contributed by atoms with Crippen molar-refractivity contribution in [3.8, 4) is 5.75 Å². The molecule has 0 saturated heterocycles. The minimum Gasteiger partial charge on any atom is -0.494 e. The summed E-state index contributed by atoms with van der Waals surface area (Å²) in [5, 5.41) is 3.01. The summed E-state index contributed by atoms with van der Waals surface area (Å²) in [7, 11) is -3.19. The Morgan fingerprint density at radius 2 is 1.81 bits per heavy atom. The Morgan fingerprint density at radius 3 is 2.27 bits per heavy atom. The minimum atomic E-state index is -3.19. The van der Waals surface area contributed by atoms with Gasteiger partial charge in [0.1, 0.15) is 5.75 Å². The Morgan fingerprint density at radius 1 is 1.23 bits per heavy atom. The third-order valence-corrected chi connectivity index (χ3v) is 5.57. The number of nitrogens with two attached hydrogens (primary N) is 1. The SMILES string of the molecule is CC(C)C(C)(CN)NC(=O)CCCCOc1ccc(S(C)(=O)=O)cc1.Cl. The maximum absolute atomic E-state index is 12.0. The molecule has 0 aromatic heterocycles. The van der Waals surface area contributed by atoms with Gasteiger partial charge < -0.3 is 15.8 Å². The lowest BCUT2D eigenvalue weighted by molar-refractivity contribution is -0.123. The van der Waals surface area contributed by atoms with Crippen LogP contribution in [-0.4, -0.2) is 39.3 Å². The van der Waals surface area contributed by atoms with E-state index in [1.54, 1.807) is 12.1 Å². The van der Waals surface area contributed by atoms with E-state index in [-0.39, 0.29) is 34.7 Å². The van der Waals surface area contributed by atoms with E-state index in [1.807, 2.05) is 20.8 Å². The van der Waals surface area contributed by atoms with E-state index in [0.29, 0.717) is 31.7 Å². The zero-order valence-electron chi connectivity index (χ0n) is 15.9. The molecule has 1 atom stereocenters. The van der Waals surface area contributed by atoms with Crippen molar-refractivity contribution in [2.24, 2.45) is 11.7 Å². The van der Waals surface area contributed by atoms with Crippen molar-refractivity contribution in [1.29, 1.82) is 0 Å². The number of carbonyl (C=O) groups is 1. The third-order valence-electron chi connectivity index (χ3n) is 4.44. The fourth-order valence-electron chi connectivity index (χ4n) is 2.17. The zero-order valence-corrected chi connectivity index (χ0v) is 17.6. The van der Waals surface area contributed by atoms with Gasteiger partial charge in [0.05, 0.1) is 17.0 Å². The lowest BCUT2D eigenvalue weighted by atomic mass is 9.88. The first-order chi connectivity index (χ1) is 11.6. The number of carbonyl (C=O) groups excluding carboxylic acids is 1. The van der Waals surface area contributed by atoms with Crippen LogP contribution in [0.1, 0.15) is 40.0 Å². The van der Waals surface area contributed by atoms with Gasteiger partial charge >= 0.3 is 0 Å². The van der Waals surface area contributed by atoms with E-state index in [0.717, 1.165) is 6.42 Å². The molecule has 1 unspecified atom stereocenters. The number of amides is 1. The van der Waals surface area contributed by atoms with E-state index >= 15 is 0 Å². The van der Waals surface area contributed by atoms with Crippen LogP contribution < -0.4 is 15.8 Å². The second-order valence-corrected chi connectivity index (χ2v) is 8.89. The normalized spacial score (nSPS) is 13.6. The molecular formula is C18H31ClN2O4S. The van der Waals surface area contributed by atoms with E-state index in [4.69, 9.17) is 10.5 Å². The number of rotatable bonds is 10. The molecule has 150 valence electrons. The number of nitrogens with one attached hydrogen (secondary N) is 1. The van der Waals surface area contributed by atoms with E-state index in [2.05, 4.69) is 5.32 Å². The summed E-state index contributed by atoms with van der Waals surface area (Å²) in [4.78, 5) is 12.3. The number of sulfone groups is 1. The first-order valence-corrected chi connectivity index (χ1v) is 10.4. The topological polar surface area (TPSA) is 98.5 Å². The molecule has 0 aliphatic carbocycles. The van der Waals surface area contributed by atoms with Gasteiger partial charge in [-0.05, 0) is 49.9 Å². The maximum atomic E-state index is 12.0. The highest BCUT2D eigenvalue weighted by Crippen LogP contribution is 2.17. The van der Waals surface area contributed by atoms with Crippen molar-refractivity contribution < 1.29 is 17.9 Å². The molecule has 0 heterocycles. The first kappa shape index (κ1) is 24.7. The molecule has 1 rings (SSSR count). The van der Waals surface area contributed by atoms with Crippen molar-refractivity contribution in [2.75, 3.05) is 19.4 Å². The van der Waals surface area contributed by atoms with Gasteiger partial charge in [0.2, 0.25) is 5.91 Å². The largest absolute Gasteiger partial charge is 0.494 e. The fraction of sp³-hybridized carbons (Fsp3) is 0.611. The van der Waals surface area contributed by atoms with Crippen LogP contribution in [0.4, 0.5) is 0 Å². The minimum absolute atomic E-state index is 0. The number of hydrogen-bond donors (Lipinski definition) is 2. The predicted octanol–water partition coefficient (Wildman–Crippen LogP) is 2.55. The summed E-state index contributed by atoms with van der Waals surface area (Å²) >= 11 is 0. The summed E-state index contributed by atoms with van der Waals surface area (Å²) in [6.07, 6.45) is 3.05. The Bertz CT molecular complexity index is 662. The molecule has 8 heteroatoms. The van der Waals surface area contributed by atoms with Crippen molar-refractivity contribution >= 4 is 28.2 Å². The van der Waals surface area contributed by atoms with Crippen LogP contribution in [0.5, 0.6) is 5.75 Å². The summed E-state index contributed by atoms with van der Waals surface area (Å²) in [6, 6.07) is 6.33. The highest BCUT2D eigenvalue weighted by atomic mass is 35.5. The molecule has 6 nitrogen and oxygen atoms in total. The van der Waals surface area contributed by atoms with Gasteiger partial charge in [0, 0.05) is 19.2 Å². The molecule has 3 N–H and O–H groups in total. The van der Waals surface area contributed by atoms with Crippen molar-refractivity contribution in [3.63, 3.8) is 0 Å². The highest BCUT2D eigenvalue weighted by molar-refractivity contribution is 7.90. The second-order valence-electron chi connectivity index (χ2n) is 6.87. The average molecular weight is 407 g/mol. The summed E-state index contributed by atoms with van der Waals surface area (Å²) in [5.74, 6) is 0.881. The van der Waals surface area contributed by atoms with Gasteiger partial charge in [-0.15, -0.1) is 12.4 Å². The number of ether oxygens (including phenoxy) is 1. The summed E-state index contributed by atoms with van der Waals surface area (Å²) in [5.41, 5.74) is 5.38. The van der Waals surface area contributed by atoms with E-state index in [9.17, 15) is 13.2 Å². The molecule has 1 aromatic carbocycles. The van der Waals surface area contributed by atoms with Crippen LogP contribution in [-0.2, 0) is 14.6 Å². The smallest absolute Gasteiger partial charge is 0.220 e. The van der Waals surface area contributed by atoms with Crippen LogP contribution in [0.25, 0.3) is 0 Å². The maximum Gasteiger partial charge on any atom is 0.220 e. The highest BCUT2D eigenvalue weighted by Gasteiger charge is 2.28. The Hall–Kier alpha value is -1.31. The molecule has 26 heavy (non-hydrogen) atoms. The van der Waals surface area contributed by atoms with Crippen LogP contribution in [0.15, 0.2) is 29.2 Å². The molecule has 0 saturated carbocycles. The number of hydrogen-bond acceptors (Lipinski definition) is 5. The van der Waals surface area contributed by atoms with Crippen LogP contribution >= 0.6 is 12.4 Å².